The number of para-hydroxylation sites is 1. The van der Waals surface area contributed by atoms with Crippen LogP contribution in [0.3, 0.4) is 0 Å². The molecular formula is C20H29IN4. The highest BCUT2D eigenvalue weighted by molar-refractivity contribution is 14.0. The van der Waals surface area contributed by atoms with Crippen LogP contribution < -0.4 is 10.6 Å². The topological polar surface area (TPSA) is 52.2 Å². The van der Waals surface area contributed by atoms with Gasteiger partial charge in [0.1, 0.15) is 0 Å². The number of H-pyrrole nitrogens is 1. The van der Waals surface area contributed by atoms with Gasteiger partial charge in [-0.15, -0.1) is 24.0 Å². The summed E-state index contributed by atoms with van der Waals surface area (Å²) >= 11 is 0. The second-order valence-corrected chi connectivity index (χ2v) is 7.45. The van der Waals surface area contributed by atoms with Crippen LogP contribution in [0.4, 0.5) is 0 Å². The minimum Gasteiger partial charge on any atom is -0.361 e. The number of halogens is 1. The van der Waals surface area contributed by atoms with Gasteiger partial charge in [-0.2, -0.15) is 0 Å². The maximum atomic E-state index is 4.40. The molecule has 2 aliphatic carbocycles. The molecule has 0 spiro atoms. The predicted octanol–water partition coefficient (Wildman–Crippen LogP) is 4.07. The zero-order valence-electron chi connectivity index (χ0n) is 15.0. The van der Waals surface area contributed by atoms with E-state index in [9.17, 15) is 0 Å². The first-order valence-electron chi connectivity index (χ1n) is 9.30. The van der Waals surface area contributed by atoms with Gasteiger partial charge in [0.25, 0.3) is 0 Å². The van der Waals surface area contributed by atoms with Gasteiger partial charge in [0.15, 0.2) is 5.96 Å². The molecule has 0 atom stereocenters. The molecule has 0 unspecified atom stereocenters. The van der Waals surface area contributed by atoms with Crippen molar-refractivity contribution in [3.8, 4) is 0 Å². The Morgan fingerprint density at radius 3 is 2.72 bits per heavy atom. The number of aromatic nitrogens is 1. The van der Waals surface area contributed by atoms with E-state index in [4.69, 9.17) is 0 Å². The Morgan fingerprint density at radius 2 is 2.04 bits per heavy atom. The van der Waals surface area contributed by atoms with E-state index in [2.05, 4.69) is 51.1 Å². The summed E-state index contributed by atoms with van der Waals surface area (Å²) in [7, 11) is 1.87. The van der Waals surface area contributed by atoms with Gasteiger partial charge in [0, 0.05) is 37.2 Å². The minimum atomic E-state index is 0. The van der Waals surface area contributed by atoms with Crippen molar-refractivity contribution in [3.05, 3.63) is 36.0 Å². The Labute approximate surface area is 167 Å². The van der Waals surface area contributed by atoms with Gasteiger partial charge in [-0.25, -0.2) is 0 Å². The number of aromatic amines is 1. The van der Waals surface area contributed by atoms with E-state index in [0.29, 0.717) is 5.41 Å². The van der Waals surface area contributed by atoms with Crippen LogP contribution in [-0.4, -0.2) is 31.1 Å². The van der Waals surface area contributed by atoms with E-state index in [0.717, 1.165) is 31.4 Å². The van der Waals surface area contributed by atoms with E-state index < -0.39 is 0 Å². The van der Waals surface area contributed by atoms with Crippen molar-refractivity contribution in [1.29, 1.82) is 0 Å². The third kappa shape index (κ3) is 3.96. The SMILES string of the molecule is CN=C(NCCc1c[nH]c2ccccc12)NCC1(C2CC2)CCC1.I. The zero-order chi connectivity index (χ0) is 16.4. The zero-order valence-corrected chi connectivity index (χ0v) is 17.3. The molecule has 4 rings (SSSR count). The molecule has 136 valence electrons. The van der Waals surface area contributed by atoms with Crippen molar-refractivity contribution >= 4 is 40.8 Å². The third-order valence-electron chi connectivity index (χ3n) is 5.99. The number of benzene rings is 1. The van der Waals surface area contributed by atoms with Crippen LogP contribution >= 0.6 is 24.0 Å². The van der Waals surface area contributed by atoms with E-state index in [1.807, 2.05) is 7.05 Å². The first-order valence-corrected chi connectivity index (χ1v) is 9.30. The molecular weight excluding hydrogens is 423 g/mol. The largest absolute Gasteiger partial charge is 0.361 e. The number of nitrogens with one attached hydrogen (secondary N) is 3. The fourth-order valence-corrected chi connectivity index (χ4v) is 4.19. The smallest absolute Gasteiger partial charge is 0.191 e. The summed E-state index contributed by atoms with van der Waals surface area (Å²) in [6.45, 7) is 1.99. The summed E-state index contributed by atoms with van der Waals surface area (Å²) < 4.78 is 0. The van der Waals surface area contributed by atoms with E-state index in [-0.39, 0.29) is 24.0 Å². The van der Waals surface area contributed by atoms with Gasteiger partial charge in [-0.05, 0) is 55.1 Å². The fraction of sp³-hybridized carbons (Fsp3) is 0.550. The summed E-state index contributed by atoms with van der Waals surface area (Å²) in [5, 5.41) is 8.38. The Kier molecular flexibility index (Phi) is 5.92. The molecule has 0 saturated heterocycles. The van der Waals surface area contributed by atoms with Crippen LogP contribution in [0, 0.1) is 11.3 Å². The Morgan fingerprint density at radius 1 is 1.24 bits per heavy atom. The van der Waals surface area contributed by atoms with Crippen molar-refractivity contribution in [2.24, 2.45) is 16.3 Å². The first-order chi connectivity index (χ1) is 11.8. The molecule has 4 nitrogen and oxygen atoms in total. The predicted molar refractivity (Wildman–Crippen MR) is 116 cm³/mol. The highest BCUT2D eigenvalue weighted by Crippen LogP contribution is 2.56. The summed E-state index contributed by atoms with van der Waals surface area (Å²) in [4.78, 5) is 7.74. The lowest BCUT2D eigenvalue weighted by molar-refractivity contribution is 0.106. The lowest BCUT2D eigenvalue weighted by Crippen LogP contribution is -2.47. The second-order valence-electron chi connectivity index (χ2n) is 7.45. The molecule has 1 heterocycles. The second kappa shape index (κ2) is 7.98. The fourth-order valence-electron chi connectivity index (χ4n) is 4.19. The number of nitrogens with zero attached hydrogens (tertiary/aromatic N) is 1. The number of fused-ring (bicyclic) bond motifs is 1. The summed E-state index contributed by atoms with van der Waals surface area (Å²) in [6.07, 6.45) is 10.2. The standard InChI is InChI=1S/C20H28N4.HI/c1-21-19(24-14-20(10-4-11-20)16-7-8-16)22-12-9-15-13-23-18-6-3-2-5-17(15)18;/h2-3,5-6,13,16,23H,4,7-12,14H2,1H3,(H2,21,22,24);1H. The number of guanidine groups is 1. The quantitative estimate of drug-likeness (QED) is 0.352. The molecule has 0 amide bonds. The molecule has 0 bridgehead atoms. The van der Waals surface area contributed by atoms with Crippen molar-refractivity contribution in [1.82, 2.24) is 15.6 Å². The molecule has 2 aromatic rings. The van der Waals surface area contributed by atoms with Gasteiger partial charge in [-0.1, -0.05) is 24.6 Å². The molecule has 3 N–H and O–H groups in total. The van der Waals surface area contributed by atoms with Gasteiger partial charge in [0.2, 0.25) is 0 Å². The Bertz CT molecular complexity index is 728. The monoisotopic (exact) mass is 452 g/mol. The van der Waals surface area contributed by atoms with Gasteiger partial charge in [0.05, 0.1) is 0 Å². The van der Waals surface area contributed by atoms with Crippen LogP contribution in [0.15, 0.2) is 35.5 Å². The summed E-state index contributed by atoms with van der Waals surface area (Å²) in [6, 6.07) is 8.49. The van der Waals surface area contributed by atoms with E-state index >= 15 is 0 Å². The number of hydrogen-bond acceptors (Lipinski definition) is 1. The van der Waals surface area contributed by atoms with Crippen molar-refractivity contribution < 1.29 is 0 Å². The molecule has 0 aliphatic heterocycles. The normalized spacial score (nSPS) is 19.2. The maximum absolute atomic E-state index is 4.40. The van der Waals surface area contributed by atoms with Gasteiger partial charge < -0.3 is 15.6 Å². The molecule has 2 saturated carbocycles. The molecule has 25 heavy (non-hydrogen) atoms. The van der Waals surface area contributed by atoms with Crippen molar-refractivity contribution in [2.45, 2.75) is 38.5 Å². The molecule has 5 heteroatoms. The summed E-state index contributed by atoms with van der Waals surface area (Å²) in [5.74, 6) is 1.92. The molecule has 1 aromatic heterocycles. The highest BCUT2D eigenvalue weighted by atomic mass is 127. The Hall–Kier alpha value is -1.24. The molecule has 1 aromatic carbocycles. The van der Waals surface area contributed by atoms with Crippen LogP contribution in [0.25, 0.3) is 10.9 Å². The van der Waals surface area contributed by atoms with Crippen LogP contribution in [0.2, 0.25) is 0 Å². The van der Waals surface area contributed by atoms with Crippen molar-refractivity contribution in [2.75, 3.05) is 20.1 Å². The molecule has 0 radical (unpaired) electrons. The highest BCUT2D eigenvalue weighted by Gasteiger charge is 2.48. The number of aliphatic imine (C=N–C) groups is 1. The Balaban J connectivity index is 0.00000182. The average molecular weight is 452 g/mol. The lowest BCUT2D eigenvalue weighted by atomic mass is 9.65. The van der Waals surface area contributed by atoms with Gasteiger partial charge >= 0.3 is 0 Å². The summed E-state index contributed by atoms with van der Waals surface area (Å²) in [5.41, 5.74) is 3.16. The number of rotatable bonds is 6. The van der Waals surface area contributed by atoms with Crippen LogP contribution in [0.5, 0.6) is 0 Å². The van der Waals surface area contributed by atoms with Crippen LogP contribution in [-0.2, 0) is 6.42 Å². The van der Waals surface area contributed by atoms with Crippen LogP contribution in [0.1, 0.15) is 37.7 Å². The maximum Gasteiger partial charge on any atom is 0.191 e. The van der Waals surface area contributed by atoms with E-state index in [1.54, 1.807) is 0 Å². The first kappa shape index (κ1) is 18.5. The number of hydrogen-bond donors (Lipinski definition) is 3. The van der Waals surface area contributed by atoms with Gasteiger partial charge in [-0.3, -0.25) is 4.99 Å². The van der Waals surface area contributed by atoms with Crippen molar-refractivity contribution in [3.63, 3.8) is 0 Å². The molecule has 2 fully saturated rings. The van der Waals surface area contributed by atoms with E-state index in [1.165, 1.54) is 48.6 Å². The minimum absolute atomic E-state index is 0. The average Bonchev–Trinajstić information content (AvgIpc) is 3.33. The third-order valence-corrected chi connectivity index (χ3v) is 5.99. The lowest BCUT2D eigenvalue weighted by Gasteiger charge is -2.43. The molecule has 2 aliphatic rings.